The van der Waals surface area contributed by atoms with Crippen molar-refractivity contribution in [2.24, 2.45) is 11.8 Å². The zero-order valence-electron chi connectivity index (χ0n) is 25.8. The fourth-order valence-electron chi connectivity index (χ4n) is 9.65. The molecule has 0 radical (unpaired) electrons. The summed E-state index contributed by atoms with van der Waals surface area (Å²) in [5, 5.41) is 0. The van der Waals surface area contributed by atoms with Crippen LogP contribution < -0.4 is 4.90 Å². The van der Waals surface area contributed by atoms with Crippen LogP contribution in [0.4, 0.5) is 11.4 Å². The van der Waals surface area contributed by atoms with E-state index in [4.69, 9.17) is 0 Å². The molecule has 0 N–H and O–H groups in total. The molecule has 2 heteroatoms. The topological polar surface area (TPSA) is 6.48 Å². The molecular formula is C42H44N2. The van der Waals surface area contributed by atoms with E-state index in [1.54, 1.807) is 28.1 Å². The van der Waals surface area contributed by atoms with Crippen molar-refractivity contribution in [1.82, 2.24) is 4.90 Å². The van der Waals surface area contributed by atoms with Gasteiger partial charge in [0, 0.05) is 46.6 Å². The molecule has 0 saturated carbocycles. The first-order chi connectivity index (χ1) is 21.8. The van der Waals surface area contributed by atoms with Crippen molar-refractivity contribution in [3.63, 3.8) is 0 Å². The number of rotatable bonds is 4. The summed E-state index contributed by atoms with van der Waals surface area (Å²) in [6.07, 6.45) is 36.8. The number of benzene rings is 2. The number of hydrogen-bond acceptors (Lipinski definition) is 2. The van der Waals surface area contributed by atoms with Crippen molar-refractivity contribution >= 4 is 11.4 Å². The molecule has 6 atom stereocenters. The lowest BCUT2D eigenvalue weighted by Crippen LogP contribution is -2.37. The molecule has 2 aromatic carbocycles. The fraction of sp³-hybridized carbons (Fsp3) is 0.381. The van der Waals surface area contributed by atoms with Crippen molar-refractivity contribution in [1.29, 1.82) is 0 Å². The fourth-order valence-corrected chi connectivity index (χ4v) is 9.65. The molecule has 7 aliphatic rings. The molecular weight excluding hydrogens is 532 g/mol. The Kier molecular flexibility index (Phi) is 6.64. The number of fused-ring (bicyclic) bond motifs is 5. The highest BCUT2D eigenvalue weighted by atomic mass is 15.2. The van der Waals surface area contributed by atoms with Gasteiger partial charge in [-0.05, 0) is 105 Å². The minimum atomic E-state index is 0.429. The van der Waals surface area contributed by atoms with Crippen LogP contribution in [-0.2, 0) is 0 Å². The molecule has 0 spiro atoms. The van der Waals surface area contributed by atoms with Crippen molar-refractivity contribution in [3.8, 4) is 0 Å². The van der Waals surface area contributed by atoms with Crippen LogP contribution in [0.15, 0.2) is 132 Å². The lowest BCUT2D eigenvalue weighted by Gasteiger charge is -2.39. The van der Waals surface area contributed by atoms with Gasteiger partial charge in [0.25, 0.3) is 0 Å². The van der Waals surface area contributed by atoms with Crippen LogP contribution in [0.25, 0.3) is 0 Å². The van der Waals surface area contributed by atoms with Gasteiger partial charge in [0.2, 0.25) is 0 Å². The molecule has 5 aliphatic carbocycles. The quantitative estimate of drug-likeness (QED) is 0.334. The number of allylic oxidation sites excluding steroid dienone is 11. The molecule has 2 aliphatic heterocycles. The largest absolute Gasteiger partial charge is 0.345 e. The van der Waals surface area contributed by atoms with E-state index in [1.165, 1.54) is 81.1 Å². The van der Waals surface area contributed by atoms with Gasteiger partial charge in [-0.3, -0.25) is 0 Å². The number of anilines is 2. The van der Waals surface area contributed by atoms with Gasteiger partial charge < -0.3 is 9.80 Å². The third-order valence-corrected chi connectivity index (χ3v) is 11.7. The highest BCUT2D eigenvalue weighted by Gasteiger charge is 2.44. The first kappa shape index (κ1) is 26.6. The number of nitrogens with zero attached hydrogens (tertiary/aromatic N) is 2. The Morgan fingerprint density at radius 3 is 2.57 bits per heavy atom. The van der Waals surface area contributed by atoms with Crippen LogP contribution in [0.5, 0.6) is 0 Å². The molecule has 2 nitrogen and oxygen atoms in total. The second-order valence-corrected chi connectivity index (χ2v) is 14.0. The van der Waals surface area contributed by atoms with Gasteiger partial charge in [0.15, 0.2) is 0 Å². The summed E-state index contributed by atoms with van der Waals surface area (Å²) in [5.41, 5.74) is 12.3. The van der Waals surface area contributed by atoms with Crippen molar-refractivity contribution in [2.75, 3.05) is 4.90 Å². The molecule has 0 aromatic heterocycles. The summed E-state index contributed by atoms with van der Waals surface area (Å²) in [6.45, 7) is 0. The molecule has 222 valence electrons. The van der Waals surface area contributed by atoms with Gasteiger partial charge in [0.1, 0.15) is 0 Å². The second kappa shape index (κ2) is 11.0. The average Bonchev–Trinajstić information content (AvgIpc) is 3.61. The smallest absolute Gasteiger partial charge is 0.0591 e. The summed E-state index contributed by atoms with van der Waals surface area (Å²) < 4.78 is 0. The molecule has 9 rings (SSSR count). The normalized spacial score (nSPS) is 31.8. The Hall–Kier alpha value is -3.78. The van der Waals surface area contributed by atoms with Crippen LogP contribution in [0.3, 0.4) is 0 Å². The second-order valence-electron chi connectivity index (χ2n) is 14.0. The molecule has 0 amide bonds. The zero-order chi connectivity index (χ0) is 29.0. The third kappa shape index (κ3) is 4.36. The van der Waals surface area contributed by atoms with Crippen LogP contribution in [0, 0.1) is 11.8 Å². The van der Waals surface area contributed by atoms with Crippen LogP contribution in [0.2, 0.25) is 0 Å². The van der Waals surface area contributed by atoms with Crippen LogP contribution in [-0.4, -0.2) is 17.0 Å². The summed E-state index contributed by atoms with van der Waals surface area (Å²) in [4.78, 5) is 5.45. The van der Waals surface area contributed by atoms with E-state index in [-0.39, 0.29) is 0 Å². The monoisotopic (exact) mass is 576 g/mol. The number of para-hydroxylation sites is 1. The van der Waals surface area contributed by atoms with Gasteiger partial charge >= 0.3 is 0 Å². The Labute approximate surface area is 263 Å². The molecule has 6 unspecified atom stereocenters. The van der Waals surface area contributed by atoms with E-state index < -0.39 is 0 Å². The minimum Gasteiger partial charge on any atom is -0.345 e. The van der Waals surface area contributed by atoms with E-state index in [2.05, 4.69) is 119 Å². The van der Waals surface area contributed by atoms with E-state index >= 15 is 0 Å². The maximum Gasteiger partial charge on any atom is 0.0591 e. The highest BCUT2D eigenvalue weighted by molar-refractivity contribution is 5.74. The molecule has 0 fully saturated rings. The van der Waals surface area contributed by atoms with E-state index in [1.807, 2.05) is 0 Å². The summed E-state index contributed by atoms with van der Waals surface area (Å²) in [5.74, 6) is 2.31. The predicted molar refractivity (Wildman–Crippen MR) is 183 cm³/mol. The Bertz CT molecular complexity index is 1660. The lowest BCUT2D eigenvalue weighted by molar-refractivity contribution is 0.257. The van der Waals surface area contributed by atoms with Crippen molar-refractivity contribution in [3.05, 3.63) is 143 Å². The third-order valence-electron chi connectivity index (χ3n) is 11.7. The van der Waals surface area contributed by atoms with Gasteiger partial charge in [-0.15, -0.1) is 0 Å². The highest BCUT2D eigenvalue weighted by Crippen LogP contribution is 2.53. The molecule has 2 aromatic rings. The molecule has 0 saturated heterocycles. The Morgan fingerprint density at radius 1 is 0.773 bits per heavy atom. The Balaban J connectivity index is 1.02. The zero-order valence-corrected chi connectivity index (χ0v) is 25.8. The van der Waals surface area contributed by atoms with Crippen LogP contribution >= 0.6 is 0 Å². The summed E-state index contributed by atoms with van der Waals surface area (Å²) in [6, 6.07) is 19.5. The molecule has 44 heavy (non-hydrogen) atoms. The number of hydrogen-bond donors (Lipinski definition) is 0. The lowest BCUT2D eigenvalue weighted by atomic mass is 9.77. The Morgan fingerprint density at radius 2 is 1.70 bits per heavy atom. The van der Waals surface area contributed by atoms with Gasteiger partial charge in [-0.2, -0.15) is 0 Å². The first-order valence-corrected chi connectivity index (χ1v) is 17.4. The van der Waals surface area contributed by atoms with E-state index in [0.717, 1.165) is 5.92 Å². The maximum absolute atomic E-state index is 2.86. The maximum atomic E-state index is 2.86. The minimum absolute atomic E-state index is 0.429. The SMILES string of the molecule is C1=CCCC(C2CC=C(N3C4=C(C=CCC4)C4C=CC(c5ccc6c(c5)C5CCC=CC5N6c5ccccc5)CC43)CC2)=C1. The summed E-state index contributed by atoms with van der Waals surface area (Å²) in [7, 11) is 0. The predicted octanol–water partition coefficient (Wildman–Crippen LogP) is 10.5. The van der Waals surface area contributed by atoms with Gasteiger partial charge in [-0.25, -0.2) is 0 Å². The van der Waals surface area contributed by atoms with Crippen LogP contribution in [0.1, 0.15) is 87.2 Å². The molecule has 0 bridgehead atoms. The van der Waals surface area contributed by atoms with Crippen molar-refractivity contribution < 1.29 is 0 Å². The van der Waals surface area contributed by atoms with Gasteiger partial charge in [-0.1, -0.05) is 96.7 Å². The molecule has 2 heterocycles. The first-order valence-electron chi connectivity index (χ1n) is 17.4. The van der Waals surface area contributed by atoms with E-state index in [9.17, 15) is 0 Å². The summed E-state index contributed by atoms with van der Waals surface area (Å²) >= 11 is 0. The van der Waals surface area contributed by atoms with Crippen molar-refractivity contribution in [2.45, 2.75) is 88.1 Å². The standard InChI is InChI=1S/C42H44N2/c1-3-11-29(12-4-1)30-19-23-34(24-20-30)44-39-17-9-7-15-35(39)37-25-21-32(28-42(37)44)31-22-26-41-38(27-31)36-16-8-10-18-40(36)43(41)33-13-5-2-6-14-33/h1-3,5-7,10-11,13-15,18,21-23,25-27,30,32,36-37,40,42H,4,8-9,12,16-17,19-20,24,28H2. The van der Waals surface area contributed by atoms with Gasteiger partial charge in [0.05, 0.1) is 6.04 Å². The van der Waals surface area contributed by atoms with E-state index in [0.29, 0.717) is 29.8 Å². The average molecular weight is 577 g/mol.